The van der Waals surface area contributed by atoms with Gasteiger partial charge in [-0.25, -0.2) is 9.18 Å². The molecule has 1 aromatic rings. The van der Waals surface area contributed by atoms with Gasteiger partial charge in [0, 0.05) is 6.04 Å². The molecule has 0 saturated heterocycles. The summed E-state index contributed by atoms with van der Waals surface area (Å²) in [4.78, 5) is 11.5. The maximum absolute atomic E-state index is 13.2. The summed E-state index contributed by atoms with van der Waals surface area (Å²) in [7, 11) is 1.32. The molecule has 1 fully saturated rings. The van der Waals surface area contributed by atoms with E-state index in [-0.39, 0.29) is 5.82 Å². The molecule has 17 heavy (non-hydrogen) atoms. The van der Waals surface area contributed by atoms with Crippen molar-refractivity contribution < 1.29 is 13.9 Å². The Morgan fingerprint density at radius 2 is 2.18 bits per heavy atom. The minimum absolute atomic E-state index is 0.329. The van der Waals surface area contributed by atoms with Gasteiger partial charge in [0.25, 0.3) is 0 Å². The predicted molar refractivity (Wildman–Crippen MR) is 63.5 cm³/mol. The molecule has 1 saturated carbocycles. The van der Waals surface area contributed by atoms with Crippen LogP contribution < -0.4 is 5.32 Å². The van der Waals surface area contributed by atoms with E-state index in [4.69, 9.17) is 0 Å². The van der Waals surface area contributed by atoms with Crippen molar-refractivity contribution >= 4 is 11.7 Å². The van der Waals surface area contributed by atoms with Crippen molar-refractivity contribution in [1.82, 2.24) is 0 Å². The van der Waals surface area contributed by atoms with Crippen LogP contribution in [0.2, 0.25) is 0 Å². The van der Waals surface area contributed by atoms with Crippen LogP contribution in [0.25, 0.3) is 0 Å². The Morgan fingerprint density at radius 1 is 1.47 bits per heavy atom. The summed E-state index contributed by atoms with van der Waals surface area (Å²) >= 11 is 0. The zero-order valence-corrected chi connectivity index (χ0v) is 10.00. The Balaban J connectivity index is 2.18. The highest BCUT2D eigenvalue weighted by Gasteiger charge is 2.26. The van der Waals surface area contributed by atoms with Crippen LogP contribution in [-0.4, -0.2) is 19.1 Å². The van der Waals surface area contributed by atoms with Crippen LogP contribution in [0.4, 0.5) is 10.1 Å². The molecular formula is C13H16FNO2. The first kappa shape index (κ1) is 11.9. The molecule has 4 heteroatoms. The molecule has 1 aliphatic rings. The van der Waals surface area contributed by atoms with Crippen molar-refractivity contribution in [1.29, 1.82) is 0 Å². The first-order valence-electron chi connectivity index (χ1n) is 5.74. The van der Waals surface area contributed by atoms with E-state index in [9.17, 15) is 9.18 Å². The summed E-state index contributed by atoms with van der Waals surface area (Å²) < 4.78 is 17.8. The highest BCUT2D eigenvalue weighted by atomic mass is 19.1. The normalized spacial score (nSPS) is 22.8. The van der Waals surface area contributed by atoms with Crippen LogP contribution in [0.5, 0.6) is 0 Å². The van der Waals surface area contributed by atoms with Gasteiger partial charge in [0.2, 0.25) is 0 Å². The molecule has 0 aliphatic heterocycles. The lowest BCUT2D eigenvalue weighted by atomic mass is 9.81. The monoisotopic (exact) mass is 237 g/mol. The number of carbonyl (C=O) groups is 1. The molecule has 0 aromatic heterocycles. The van der Waals surface area contributed by atoms with Crippen LogP contribution in [-0.2, 0) is 4.74 Å². The fourth-order valence-electron chi connectivity index (χ4n) is 2.16. The largest absolute Gasteiger partial charge is 0.465 e. The molecule has 1 aromatic carbocycles. The van der Waals surface area contributed by atoms with Crippen molar-refractivity contribution in [3.05, 3.63) is 29.6 Å². The maximum atomic E-state index is 13.2. The van der Waals surface area contributed by atoms with Gasteiger partial charge in [0.1, 0.15) is 5.82 Å². The molecule has 0 atom stereocenters. The number of hydrogen-bond donors (Lipinski definition) is 1. The lowest BCUT2D eigenvalue weighted by molar-refractivity contribution is 0.0601. The van der Waals surface area contributed by atoms with Crippen molar-refractivity contribution in [3.8, 4) is 0 Å². The number of benzene rings is 1. The molecule has 2 rings (SSSR count). The van der Waals surface area contributed by atoms with Crippen molar-refractivity contribution in [2.24, 2.45) is 5.92 Å². The maximum Gasteiger partial charge on any atom is 0.339 e. The summed E-state index contributed by atoms with van der Waals surface area (Å²) in [6, 6.07) is 4.39. The quantitative estimate of drug-likeness (QED) is 0.821. The van der Waals surface area contributed by atoms with E-state index >= 15 is 0 Å². The fourth-order valence-corrected chi connectivity index (χ4v) is 2.16. The fraction of sp³-hybridized carbons (Fsp3) is 0.462. The van der Waals surface area contributed by atoms with Gasteiger partial charge in [-0.15, -0.1) is 0 Å². The van der Waals surface area contributed by atoms with Gasteiger partial charge >= 0.3 is 5.97 Å². The Morgan fingerprint density at radius 3 is 2.76 bits per heavy atom. The lowest BCUT2D eigenvalue weighted by Gasteiger charge is -2.34. The molecular weight excluding hydrogens is 221 g/mol. The number of rotatable bonds is 3. The number of esters is 1. The lowest BCUT2D eigenvalue weighted by Crippen LogP contribution is -2.34. The van der Waals surface area contributed by atoms with E-state index in [1.54, 1.807) is 0 Å². The molecule has 0 unspecified atom stereocenters. The third-order valence-electron chi connectivity index (χ3n) is 3.12. The second kappa shape index (κ2) is 4.73. The van der Waals surface area contributed by atoms with Crippen molar-refractivity contribution in [3.63, 3.8) is 0 Å². The van der Waals surface area contributed by atoms with Gasteiger partial charge in [-0.2, -0.15) is 0 Å². The summed E-state index contributed by atoms with van der Waals surface area (Å²) in [6.45, 7) is 2.17. The van der Waals surface area contributed by atoms with Gasteiger partial charge in [-0.05, 0) is 37.0 Å². The molecule has 0 heterocycles. The Hall–Kier alpha value is -1.58. The summed E-state index contributed by atoms with van der Waals surface area (Å²) in [5, 5.41) is 3.19. The Labute approximate surface area is 100.0 Å². The van der Waals surface area contributed by atoms with Crippen molar-refractivity contribution in [2.75, 3.05) is 12.4 Å². The SMILES string of the molecule is COC(=O)c1ccc(F)cc1NC1CC(C)C1. The van der Waals surface area contributed by atoms with E-state index in [1.807, 2.05) is 0 Å². The Kier molecular flexibility index (Phi) is 3.31. The number of nitrogens with one attached hydrogen (secondary N) is 1. The molecule has 0 bridgehead atoms. The van der Waals surface area contributed by atoms with E-state index in [0.29, 0.717) is 23.2 Å². The topological polar surface area (TPSA) is 38.3 Å². The smallest absolute Gasteiger partial charge is 0.339 e. The number of hydrogen-bond acceptors (Lipinski definition) is 3. The zero-order chi connectivity index (χ0) is 12.4. The third kappa shape index (κ3) is 2.57. The summed E-state index contributed by atoms with van der Waals surface area (Å²) in [6.07, 6.45) is 2.11. The van der Waals surface area contributed by atoms with Crippen LogP contribution in [0.3, 0.4) is 0 Å². The zero-order valence-electron chi connectivity index (χ0n) is 10.00. The molecule has 92 valence electrons. The molecule has 3 nitrogen and oxygen atoms in total. The van der Waals surface area contributed by atoms with Crippen LogP contribution in [0, 0.1) is 11.7 Å². The van der Waals surface area contributed by atoms with Gasteiger partial charge in [0.15, 0.2) is 0 Å². The van der Waals surface area contributed by atoms with Gasteiger partial charge in [0.05, 0.1) is 18.4 Å². The van der Waals surface area contributed by atoms with Crippen LogP contribution in [0.15, 0.2) is 18.2 Å². The number of halogens is 1. The first-order chi connectivity index (χ1) is 8.10. The highest BCUT2D eigenvalue weighted by molar-refractivity contribution is 5.95. The molecule has 0 radical (unpaired) electrons. The van der Waals surface area contributed by atoms with E-state index in [0.717, 1.165) is 12.8 Å². The molecule has 1 N–H and O–H groups in total. The van der Waals surface area contributed by atoms with E-state index in [2.05, 4.69) is 17.0 Å². The second-order valence-corrected chi connectivity index (χ2v) is 4.60. The van der Waals surface area contributed by atoms with Crippen LogP contribution >= 0.6 is 0 Å². The number of ether oxygens (including phenoxy) is 1. The number of anilines is 1. The standard InChI is InChI=1S/C13H16FNO2/c1-8-5-10(6-8)15-12-7-9(14)3-4-11(12)13(16)17-2/h3-4,7-8,10,15H,5-6H2,1-2H3. The van der Waals surface area contributed by atoms with Gasteiger partial charge in [-0.3, -0.25) is 0 Å². The van der Waals surface area contributed by atoms with Crippen molar-refractivity contribution in [2.45, 2.75) is 25.8 Å². The third-order valence-corrected chi connectivity index (χ3v) is 3.12. The van der Waals surface area contributed by atoms with Gasteiger partial charge < -0.3 is 10.1 Å². The predicted octanol–water partition coefficient (Wildman–Crippen LogP) is 2.82. The highest BCUT2D eigenvalue weighted by Crippen LogP contribution is 2.30. The van der Waals surface area contributed by atoms with E-state index in [1.165, 1.54) is 25.3 Å². The summed E-state index contributed by atoms with van der Waals surface area (Å²) in [5.74, 6) is -0.102. The van der Waals surface area contributed by atoms with Gasteiger partial charge in [-0.1, -0.05) is 6.92 Å². The minimum atomic E-state index is -0.445. The molecule has 1 aliphatic carbocycles. The first-order valence-corrected chi connectivity index (χ1v) is 5.74. The molecule has 0 amide bonds. The van der Waals surface area contributed by atoms with Crippen LogP contribution in [0.1, 0.15) is 30.1 Å². The summed E-state index contributed by atoms with van der Waals surface area (Å²) in [5.41, 5.74) is 0.905. The van der Waals surface area contributed by atoms with E-state index < -0.39 is 5.97 Å². The molecule has 0 spiro atoms. The number of carbonyl (C=O) groups excluding carboxylic acids is 1. The average Bonchev–Trinajstić information content (AvgIpc) is 2.26. The Bertz CT molecular complexity index is 427. The average molecular weight is 237 g/mol. The second-order valence-electron chi connectivity index (χ2n) is 4.60. The number of methoxy groups -OCH3 is 1. The minimum Gasteiger partial charge on any atom is -0.465 e.